The largest absolute Gasteiger partial charge is 0.326 e. The van der Waals surface area contributed by atoms with E-state index in [1.165, 1.54) is 10.9 Å². The van der Waals surface area contributed by atoms with Gasteiger partial charge in [0.15, 0.2) is 0 Å². The first-order chi connectivity index (χ1) is 9.11. The van der Waals surface area contributed by atoms with Crippen molar-refractivity contribution in [2.45, 2.75) is 26.4 Å². The van der Waals surface area contributed by atoms with E-state index in [0.29, 0.717) is 12.0 Å². The molecule has 0 bridgehead atoms. The molecule has 2 unspecified atom stereocenters. The van der Waals surface area contributed by atoms with Crippen LogP contribution < -0.4 is 5.73 Å². The zero-order valence-electron chi connectivity index (χ0n) is 12.0. The van der Waals surface area contributed by atoms with E-state index in [4.69, 9.17) is 5.73 Å². The summed E-state index contributed by atoms with van der Waals surface area (Å²) in [5, 5.41) is 1.22. The lowest BCUT2D eigenvalue weighted by atomic mass is 10.1. The van der Waals surface area contributed by atoms with Crippen LogP contribution in [-0.2, 0) is 6.54 Å². The maximum absolute atomic E-state index is 6.08. The SMILES string of the molecule is Cc1ccc2cc(CN3CC(C)C(N)C3)ccc2n1.Cl. The Labute approximate surface area is 126 Å². The molecule has 1 aliphatic heterocycles. The smallest absolute Gasteiger partial charge is 0.0705 e. The molecule has 108 valence electrons. The quantitative estimate of drug-likeness (QED) is 0.925. The average Bonchev–Trinajstić information content (AvgIpc) is 2.68. The molecule has 2 N–H and O–H groups in total. The van der Waals surface area contributed by atoms with E-state index in [9.17, 15) is 0 Å². The third kappa shape index (κ3) is 3.11. The fourth-order valence-electron chi connectivity index (χ4n) is 2.86. The molecule has 3 nitrogen and oxygen atoms in total. The van der Waals surface area contributed by atoms with Gasteiger partial charge in [-0.25, -0.2) is 0 Å². The lowest BCUT2D eigenvalue weighted by Gasteiger charge is -2.15. The van der Waals surface area contributed by atoms with Gasteiger partial charge in [-0.1, -0.05) is 19.1 Å². The van der Waals surface area contributed by atoms with Crippen LogP contribution >= 0.6 is 12.4 Å². The summed E-state index contributed by atoms with van der Waals surface area (Å²) in [6, 6.07) is 11.1. The summed E-state index contributed by atoms with van der Waals surface area (Å²) in [6.07, 6.45) is 0. The summed E-state index contributed by atoms with van der Waals surface area (Å²) in [7, 11) is 0. The number of likely N-dealkylation sites (tertiary alicyclic amines) is 1. The van der Waals surface area contributed by atoms with Crippen molar-refractivity contribution in [3.8, 4) is 0 Å². The second-order valence-corrected chi connectivity index (χ2v) is 5.81. The lowest BCUT2D eigenvalue weighted by molar-refractivity contribution is 0.319. The van der Waals surface area contributed by atoms with E-state index < -0.39 is 0 Å². The van der Waals surface area contributed by atoms with Crippen molar-refractivity contribution in [1.82, 2.24) is 9.88 Å². The van der Waals surface area contributed by atoms with Gasteiger partial charge in [0.05, 0.1) is 5.52 Å². The zero-order chi connectivity index (χ0) is 13.4. The van der Waals surface area contributed by atoms with Crippen LogP contribution in [0.1, 0.15) is 18.2 Å². The number of rotatable bonds is 2. The summed E-state index contributed by atoms with van der Waals surface area (Å²) in [5.41, 5.74) is 9.57. The molecular formula is C16H22ClN3. The van der Waals surface area contributed by atoms with Gasteiger partial charge in [-0.05, 0) is 36.6 Å². The normalized spacial score (nSPS) is 22.9. The van der Waals surface area contributed by atoms with Gasteiger partial charge in [0.1, 0.15) is 0 Å². The summed E-state index contributed by atoms with van der Waals surface area (Å²) in [5.74, 6) is 0.602. The van der Waals surface area contributed by atoms with E-state index in [1.54, 1.807) is 0 Å². The predicted octanol–water partition coefficient (Wildman–Crippen LogP) is 2.74. The van der Waals surface area contributed by atoms with E-state index in [1.807, 2.05) is 6.92 Å². The Hall–Kier alpha value is -1.16. The average molecular weight is 292 g/mol. The van der Waals surface area contributed by atoms with Crippen molar-refractivity contribution in [2.24, 2.45) is 11.7 Å². The van der Waals surface area contributed by atoms with E-state index in [-0.39, 0.29) is 12.4 Å². The van der Waals surface area contributed by atoms with Gasteiger partial charge >= 0.3 is 0 Å². The Balaban J connectivity index is 0.00000147. The van der Waals surface area contributed by atoms with Gasteiger partial charge in [-0.15, -0.1) is 12.4 Å². The molecule has 0 aliphatic carbocycles. The molecule has 3 rings (SSSR count). The number of pyridine rings is 1. The fraction of sp³-hybridized carbons (Fsp3) is 0.438. The molecule has 4 heteroatoms. The molecule has 1 saturated heterocycles. The molecule has 1 aromatic heterocycles. The third-order valence-electron chi connectivity index (χ3n) is 4.05. The van der Waals surface area contributed by atoms with Crippen molar-refractivity contribution < 1.29 is 0 Å². The highest BCUT2D eigenvalue weighted by atomic mass is 35.5. The minimum atomic E-state index is 0. The second-order valence-electron chi connectivity index (χ2n) is 5.81. The number of aryl methyl sites for hydroxylation is 1. The molecule has 2 atom stereocenters. The predicted molar refractivity (Wildman–Crippen MR) is 86.1 cm³/mol. The molecule has 2 aromatic rings. The van der Waals surface area contributed by atoms with Crippen LogP contribution in [0.4, 0.5) is 0 Å². The molecule has 0 saturated carbocycles. The Kier molecular flexibility index (Phi) is 4.63. The molecule has 0 spiro atoms. The van der Waals surface area contributed by atoms with Crippen molar-refractivity contribution in [2.75, 3.05) is 13.1 Å². The molecule has 1 aromatic carbocycles. The van der Waals surface area contributed by atoms with Crippen molar-refractivity contribution in [1.29, 1.82) is 0 Å². The number of nitrogens with two attached hydrogens (primary N) is 1. The molecular weight excluding hydrogens is 270 g/mol. The summed E-state index contributed by atoms with van der Waals surface area (Å²) in [6.45, 7) is 7.36. The maximum atomic E-state index is 6.08. The van der Waals surface area contributed by atoms with Gasteiger partial charge < -0.3 is 5.73 Å². The van der Waals surface area contributed by atoms with E-state index in [0.717, 1.165) is 30.8 Å². The van der Waals surface area contributed by atoms with Crippen LogP contribution in [0.5, 0.6) is 0 Å². The first-order valence-corrected chi connectivity index (χ1v) is 6.96. The fourth-order valence-corrected chi connectivity index (χ4v) is 2.86. The molecule has 0 radical (unpaired) electrons. The van der Waals surface area contributed by atoms with Gasteiger partial charge in [0, 0.05) is 36.8 Å². The monoisotopic (exact) mass is 291 g/mol. The highest BCUT2D eigenvalue weighted by molar-refractivity contribution is 5.85. The maximum Gasteiger partial charge on any atom is 0.0705 e. The van der Waals surface area contributed by atoms with Crippen LogP contribution in [-0.4, -0.2) is 29.0 Å². The van der Waals surface area contributed by atoms with Crippen LogP contribution in [0.15, 0.2) is 30.3 Å². The van der Waals surface area contributed by atoms with Crippen LogP contribution in [0.2, 0.25) is 0 Å². The number of hydrogen-bond donors (Lipinski definition) is 1. The van der Waals surface area contributed by atoms with Gasteiger partial charge in [-0.3, -0.25) is 9.88 Å². The standard InChI is InChI=1S/C16H21N3.ClH/c1-11-8-19(10-15(11)17)9-13-4-6-16-14(7-13)5-3-12(2)18-16;/h3-7,11,15H,8-10,17H2,1-2H3;1H. The van der Waals surface area contributed by atoms with Gasteiger partial charge in [-0.2, -0.15) is 0 Å². The highest BCUT2D eigenvalue weighted by Gasteiger charge is 2.26. The Morgan fingerprint density at radius 1 is 1.25 bits per heavy atom. The minimum Gasteiger partial charge on any atom is -0.326 e. The second kappa shape index (κ2) is 6.08. The summed E-state index contributed by atoms with van der Waals surface area (Å²) < 4.78 is 0. The van der Waals surface area contributed by atoms with Crippen LogP contribution in [0.3, 0.4) is 0 Å². The van der Waals surface area contributed by atoms with Crippen molar-refractivity contribution in [3.05, 3.63) is 41.6 Å². The Bertz CT molecular complexity index is 589. The highest BCUT2D eigenvalue weighted by Crippen LogP contribution is 2.20. The molecule has 2 heterocycles. The minimum absolute atomic E-state index is 0. The third-order valence-corrected chi connectivity index (χ3v) is 4.05. The number of aromatic nitrogens is 1. The molecule has 1 aliphatic rings. The summed E-state index contributed by atoms with van der Waals surface area (Å²) >= 11 is 0. The number of fused-ring (bicyclic) bond motifs is 1. The molecule has 20 heavy (non-hydrogen) atoms. The number of nitrogens with zero attached hydrogens (tertiary/aromatic N) is 2. The van der Waals surface area contributed by atoms with Gasteiger partial charge in [0.2, 0.25) is 0 Å². The molecule has 0 amide bonds. The first kappa shape index (κ1) is 15.2. The van der Waals surface area contributed by atoms with E-state index >= 15 is 0 Å². The first-order valence-electron chi connectivity index (χ1n) is 6.96. The topological polar surface area (TPSA) is 42.1 Å². The lowest BCUT2D eigenvalue weighted by Crippen LogP contribution is -2.28. The number of benzene rings is 1. The summed E-state index contributed by atoms with van der Waals surface area (Å²) in [4.78, 5) is 6.98. The van der Waals surface area contributed by atoms with Crippen molar-refractivity contribution >= 4 is 23.3 Å². The zero-order valence-corrected chi connectivity index (χ0v) is 12.9. The molecule has 1 fully saturated rings. The number of hydrogen-bond acceptors (Lipinski definition) is 3. The van der Waals surface area contributed by atoms with Crippen LogP contribution in [0, 0.1) is 12.8 Å². The Morgan fingerprint density at radius 3 is 2.75 bits per heavy atom. The number of halogens is 1. The Morgan fingerprint density at radius 2 is 2.05 bits per heavy atom. The van der Waals surface area contributed by atoms with Crippen molar-refractivity contribution in [3.63, 3.8) is 0 Å². The van der Waals surface area contributed by atoms with Crippen LogP contribution in [0.25, 0.3) is 10.9 Å². The van der Waals surface area contributed by atoms with Gasteiger partial charge in [0.25, 0.3) is 0 Å². The van der Waals surface area contributed by atoms with E-state index in [2.05, 4.69) is 47.1 Å².